The first-order valence-electron chi connectivity index (χ1n) is 9.04. The van der Waals surface area contributed by atoms with Crippen LogP contribution in [-0.4, -0.2) is 53.5 Å². The van der Waals surface area contributed by atoms with Crippen molar-refractivity contribution in [2.75, 3.05) is 31.6 Å². The van der Waals surface area contributed by atoms with Crippen molar-refractivity contribution in [1.82, 2.24) is 9.47 Å². The third kappa shape index (κ3) is 3.10. The summed E-state index contributed by atoms with van der Waals surface area (Å²) in [4.78, 5) is 27.8. The molecule has 152 valence electrons. The molecule has 1 aromatic carbocycles. The second-order valence-electron chi connectivity index (χ2n) is 7.51. The topological polar surface area (TPSA) is 75.0 Å². The van der Waals surface area contributed by atoms with Gasteiger partial charge >= 0.3 is 6.16 Å². The Morgan fingerprint density at radius 1 is 1.29 bits per heavy atom. The second kappa shape index (κ2) is 7.25. The largest absolute Gasteiger partial charge is 0.511 e. The minimum Gasteiger partial charge on any atom is -0.449 e. The fourth-order valence-corrected chi connectivity index (χ4v) is 4.23. The van der Waals surface area contributed by atoms with E-state index in [0.29, 0.717) is 30.2 Å². The molecule has 2 aliphatic heterocycles. The van der Waals surface area contributed by atoms with E-state index < -0.39 is 17.4 Å². The van der Waals surface area contributed by atoms with Crippen molar-refractivity contribution >= 4 is 35.2 Å². The Morgan fingerprint density at radius 2 is 2.00 bits per heavy atom. The molecular weight excluding hydrogens is 389 g/mol. The number of piperazine rings is 1. The summed E-state index contributed by atoms with van der Waals surface area (Å²) >= 11 is 0. The molecular formula is C19H23ClFN3O4. The van der Waals surface area contributed by atoms with Crippen LogP contribution in [0.3, 0.4) is 0 Å². The summed E-state index contributed by atoms with van der Waals surface area (Å²) < 4.78 is 21.6. The van der Waals surface area contributed by atoms with Crippen LogP contribution in [0.25, 0.3) is 10.9 Å². The molecule has 2 aliphatic rings. The molecule has 1 N–H and O–H groups in total. The van der Waals surface area contributed by atoms with E-state index in [1.54, 1.807) is 0 Å². The Kier molecular flexibility index (Phi) is 5.29. The first kappa shape index (κ1) is 20.4. The highest BCUT2D eigenvalue weighted by Gasteiger charge is 2.32. The van der Waals surface area contributed by atoms with Crippen LogP contribution in [-0.2, 0) is 6.42 Å². The predicted octanol–water partition coefficient (Wildman–Crippen LogP) is 2.88. The Balaban J connectivity index is 0.00000225. The number of benzene rings is 1. The summed E-state index contributed by atoms with van der Waals surface area (Å²) in [7, 11) is 2.06. The summed E-state index contributed by atoms with van der Waals surface area (Å²) in [6.45, 7) is 6.34. The fourth-order valence-electron chi connectivity index (χ4n) is 4.23. The molecule has 4 rings (SSSR count). The summed E-state index contributed by atoms with van der Waals surface area (Å²) in [5.41, 5.74) is 1.45. The van der Waals surface area contributed by atoms with Gasteiger partial charge in [-0.1, -0.05) is 0 Å². The number of likely N-dealkylation sites (N-methyl/N-ethyl adjacent to an activating group) is 1. The number of carboxylic acid groups (broad SMARTS) is 1. The van der Waals surface area contributed by atoms with Gasteiger partial charge in [-0.15, -0.1) is 12.4 Å². The monoisotopic (exact) mass is 411 g/mol. The number of nitrogens with zero attached hydrogens (tertiary/aromatic N) is 3. The zero-order valence-electron chi connectivity index (χ0n) is 15.9. The lowest BCUT2D eigenvalue weighted by molar-refractivity contribution is 0.143. The Morgan fingerprint density at radius 3 is 2.64 bits per heavy atom. The molecule has 3 heterocycles. The molecule has 0 radical (unpaired) electrons. The first-order chi connectivity index (χ1) is 12.8. The highest BCUT2D eigenvalue weighted by atomic mass is 35.5. The molecule has 28 heavy (non-hydrogen) atoms. The highest BCUT2D eigenvalue weighted by molar-refractivity contribution is 5.90. The van der Waals surface area contributed by atoms with E-state index >= 15 is 4.39 Å². The smallest absolute Gasteiger partial charge is 0.449 e. The van der Waals surface area contributed by atoms with E-state index in [1.165, 1.54) is 12.3 Å². The van der Waals surface area contributed by atoms with Gasteiger partial charge in [0.1, 0.15) is 5.82 Å². The molecule has 2 aromatic rings. The van der Waals surface area contributed by atoms with Crippen LogP contribution < -0.4 is 15.1 Å². The van der Waals surface area contributed by atoms with Gasteiger partial charge in [-0.2, -0.15) is 0 Å². The molecule has 2 atom stereocenters. The first-order valence-corrected chi connectivity index (χ1v) is 9.04. The molecule has 0 amide bonds. The number of pyridine rings is 1. The average Bonchev–Trinajstić information content (AvgIpc) is 2.91. The van der Waals surface area contributed by atoms with Gasteiger partial charge in [0.2, 0.25) is 5.43 Å². The molecule has 0 aliphatic carbocycles. The van der Waals surface area contributed by atoms with Crippen LogP contribution in [0.5, 0.6) is 5.75 Å². The zero-order chi connectivity index (χ0) is 19.5. The maximum atomic E-state index is 15.1. The number of ether oxygens (including phenoxy) is 1. The number of halogens is 2. The lowest BCUT2D eigenvalue weighted by atomic mass is 10.0. The van der Waals surface area contributed by atoms with E-state index in [9.17, 15) is 9.59 Å². The maximum Gasteiger partial charge on any atom is 0.511 e. The van der Waals surface area contributed by atoms with E-state index in [1.807, 2.05) is 11.5 Å². The van der Waals surface area contributed by atoms with Gasteiger partial charge in [0.25, 0.3) is 0 Å². The Labute approximate surface area is 167 Å². The summed E-state index contributed by atoms with van der Waals surface area (Å²) in [5, 5.41) is 9.03. The number of rotatable bonds is 2. The summed E-state index contributed by atoms with van der Waals surface area (Å²) in [6.07, 6.45) is 0.447. The standard InChI is InChI=1S/C19H22FN3O4.ClH/c1-10-6-12-16-13(18(24)15(9-23(10)16)27-19(25)26)7-14(20)17(12)22-5-4-21(3)11(2)8-22;/h7,9-11H,4-6,8H2,1-3H3,(H,25,26);1H/t10?,11-;/m0./s1. The molecule has 7 nitrogen and oxygen atoms in total. The molecule has 1 aromatic heterocycles. The zero-order valence-corrected chi connectivity index (χ0v) is 16.8. The van der Waals surface area contributed by atoms with Gasteiger partial charge in [-0.25, -0.2) is 9.18 Å². The molecule has 1 unspecified atom stereocenters. The third-order valence-electron chi connectivity index (χ3n) is 5.75. The molecule has 0 saturated carbocycles. The number of hydrogen-bond donors (Lipinski definition) is 1. The van der Waals surface area contributed by atoms with E-state index in [2.05, 4.69) is 28.5 Å². The van der Waals surface area contributed by atoms with E-state index in [0.717, 1.165) is 18.7 Å². The lowest BCUT2D eigenvalue weighted by Crippen LogP contribution is -2.50. The van der Waals surface area contributed by atoms with Crippen molar-refractivity contribution in [3.05, 3.63) is 33.9 Å². The van der Waals surface area contributed by atoms with Crippen LogP contribution >= 0.6 is 12.4 Å². The number of hydrogen-bond acceptors (Lipinski definition) is 5. The van der Waals surface area contributed by atoms with E-state index in [-0.39, 0.29) is 29.6 Å². The van der Waals surface area contributed by atoms with Gasteiger partial charge in [-0.05, 0) is 33.4 Å². The SMILES string of the molecule is CC1Cc2c(N3CCN(C)[C@@H](C)C3)c(F)cc3c(=O)c(OC(=O)O)cn1c23.Cl. The second-order valence-corrected chi connectivity index (χ2v) is 7.51. The van der Waals surface area contributed by atoms with Crippen molar-refractivity contribution in [2.45, 2.75) is 32.4 Å². The van der Waals surface area contributed by atoms with Crippen LogP contribution in [0.15, 0.2) is 17.1 Å². The quantitative estimate of drug-likeness (QED) is 0.766. The molecule has 9 heteroatoms. The lowest BCUT2D eigenvalue weighted by Gasteiger charge is -2.39. The van der Waals surface area contributed by atoms with Gasteiger partial charge < -0.3 is 24.2 Å². The Hall–Kier alpha value is -2.32. The Bertz CT molecular complexity index is 1010. The number of aromatic nitrogens is 1. The van der Waals surface area contributed by atoms with Gasteiger partial charge in [-0.3, -0.25) is 4.79 Å². The van der Waals surface area contributed by atoms with Crippen LogP contribution in [0, 0.1) is 5.82 Å². The highest BCUT2D eigenvalue weighted by Crippen LogP contribution is 2.40. The fraction of sp³-hybridized carbons (Fsp3) is 0.474. The number of anilines is 1. The van der Waals surface area contributed by atoms with Crippen molar-refractivity contribution in [3.63, 3.8) is 0 Å². The predicted molar refractivity (Wildman–Crippen MR) is 107 cm³/mol. The van der Waals surface area contributed by atoms with Gasteiger partial charge in [0.15, 0.2) is 5.75 Å². The minimum absolute atomic E-state index is 0. The van der Waals surface area contributed by atoms with Gasteiger partial charge in [0, 0.05) is 37.3 Å². The summed E-state index contributed by atoms with van der Waals surface area (Å²) in [6, 6.07) is 1.50. The normalized spacial score (nSPS) is 21.6. The summed E-state index contributed by atoms with van der Waals surface area (Å²) in [5.74, 6) is -0.741. The molecule has 0 spiro atoms. The van der Waals surface area contributed by atoms with Crippen molar-refractivity contribution in [1.29, 1.82) is 0 Å². The molecule has 0 bridgehead atoms. The maximum absolute atomic E-state index is 15.1. The third-order valence-corrected chi connectivity index (χ3v) is 5.75. The van der Waals surface area contributed by atoms with Crippen molar-refractivity contribution in [3.8, 4) is 5.75 Å². The molecule has 1 saturated heterocycles. The average molecular weight is 412 g/mol. The van der Waals surface area contributed by atoms with Gasteiger partial charge in [0.05, 0.1) is 22.8 Å². The van der Waals surface area contributed by atoms with Crippen molar-refractivity contribution < 1.29 is 19.0 Å². The van der Waals surface area contributed by atoms with Crippen LogP contribution in [0.2, 0.25) is 0 Å². The minimum atomic E-state index is -1.56. The van der Waals surface area contributed by atoms with Crippen LogP contribution in [0.4, 0.5) is 14.9 Å². The van der Waals surface area contributed by atoms with E-state index in [4.69, 9.17) is 5.11 Å². The van der Waals surface area contributed by atoms with Crippen LogP contribution in [0.1, 0.15) is 25.5 Å². The number of carbonyl (C=O) groups is 1. The molecule has 1 fully saturated rings. The van der Waals surface area contributed by atoms with Crippen molar-refractivity contribution in [2.24, 2.45) is 0 Å².